The maximum Gasteiger partial charge on any atom is 0.491 e. The molecule has 45 heavy (non-hydrogen) atoms. The molecule has 1 amide bonds. The van der Waals surface area contributed by atoms with Crippen LogP contribution in [-0.4, -0.2) is 53.3 Å². The van der Waals surface area contributed by atoms with Gasteiger partial charge in [0.1, 0.15) is 17.3 Å². The van der Waals surface area contributed by atoms with Gasteiger partial charge in [-0.1, -0.05) is 17.8 Å². The highest BCUT2D eigenvalue weighted by atomic mass is 32.2. The minimum Gasteiger partial charge on any atom is -0.497 e. The number of anilines is 2. The van der Waals surface area contributed by atoms with Gasteiger partial charge in [-0.3, -0.25) is 0 Å². The second-order valence-corrected chi connectivity index (χ2v) is 11.9. The number of halogens is 4. The summed E-state index contributed by atoms with van der Waals surface area (Å²) < 4.78 is 66.5. The van der Waals surface area contributed by atoms with E-state index in [0.717, 1.165) is 20.4 Å². The van der Waals surface area contributed by atoms with Crippen molar-refractivity contribution < 1.29 is 41.4 Å². The van der Waals surface area contributed by atoms with Crippen LogP contribution in [0.3, 0.4) is 0 Å². The molecule has 0 aliphatic carbocycles. The standard InChI is InChI=1S/C30H26F4N4O5S2/c1-17-12-19(31)6-7-24(17)42-25-14-22(45-21-5-3-4-20(13-21)41-2)15-35-26(25)37-28-36-23(16-44-28)18-8-10-38(11-9-18)29(40)43-27(39)30(32,33)34/h3-7,12-16,18H,8-11H2,1-2H3,(H,35,36,37). The fourth-order valence-electron chi connectivity index (χ4n) is 4.49. The van der Waals surface area contributed by atoms with E-state index >= 15 is 0 Å². The molecule has 5 rings (SSSR count). The van der Waals surface area contributed by atoms with Gasteiger partial charge in [-0.25, -0.2) is 23.9 Å². The second-order valence-electron chi connectivity index (χ2n) is 9.93. The van der Waals surface area contributed by atoms with Crippen LogP contribution in [0.5, 0.6) is 17.2 Å². The summed E-state index contributed by atoms with van der Waals surface area (Å²) in [6, 6.07) is 13.6. The van der Waals surface area contributed by atoms with Crippen LogP contribution in [0.4, 0.5) is 33.3 Å². The summed E-state index contributed by atoms with van der Waals surface area (Å²) in [6.07, 6.45) is -4.04. The van der Waals surface area contributed by atoms with Crippen molar-refractivity contribution in [2.24, 2.45) is 0 Å². The van der Waals surface area contributed by atoms with Gasteiger partial charge in [0.2, 0.25) is 0 Å². The van der Waals surface area contributed by atoms with Gasteiger partial charge in [-0.2, -0.15) is 13.2 Å². The fraction of sp³-hybridized carbons (Fsp3) is 0.267. The Morgan fingerprint density at radius 2 is 1.84 bits per heavy atom. The maximum atomic E-state index is 13.8. The van der Waals surface area contributed by atoms with E-state index in [0.29, 0.717) is 46.6 Å². The Kier molecular flexibility index (Phi) is 9.77. The van der Waals surface area contributed by atoms with Gasteiger partial charge in [0, 0.05) is 46.4 Å². The highest BCUT2D eigenvalue weighted by molar-refractivity contribution is 7.99. The molecular formula is C30H26F4N4O5S2. The zero-order chi connectivity index (χ0) is 32.1. The fourth-order valence-corrected chi connectivity index (χ4v) is 6.15. The largest absolute Gasteiger partial charge is 0.497 e. The Bertz CT molecular complexity index is 1690. The predicted molar refractivity (Wildman–Crippen MR) is 159 cm³/mol. The molecular weight excluding hydrogens is 636 g/mol. The normalized spacial score (nSPS) is 13.8. The first-order valence-corrected chi connectivity index (χ1v) is 15.2. The number of benzene rings is 2. The van der Waals surface area contributed by atoms with E-state index in [1.54, 1.807) is 26.3 Å². The molecule has 9 nitrogen and oxygen atoms in total. The van der Waals surface area contributed by atoms with Crippen molar-refractivity contribution >= 4 is 46.1 Å². The summed E-state index contributed by atoms with van der Waals surface area (Å²) >= 11 is 2.78. The molecule has 1 aliphatic rings. The lowest BCUT2D eigenvalue weighted by molar-refractivity contribution is -0.193. The molecule has 2 aromatic carbocycles. The number of nitrogens with zero attached hydrogens (tertiary/aromatic N) is 3. The summed E-state index contributed by atoms with van der Waals surface area (Å²) in [5, 5.41) is 5.57. The molecule has 4 aromatic rings. The highest BCUT2D eigenvalue weighted by Crippen LogP contribution is 2.39. The smallest absolute Gasteiger partial charge is 0.491 e. The van der Waals surface area contributed by atoms with E-state index in [1.807, 2.05) is 35.7 Å². The number of pyridine rings is 1. The molecule has 1 fully saturated rings. The number of piperidine rings is 1. The van der Waals surface area contributed by atoms with E-state index in [4.69, 9.17) is 9.47 Å². The number of methoxy groups -OCH3 is 1. The number of hydrogen-bond donors (Lipinski definition) is 1. The molecule has 1 N–H and O–H groups in total. The van der Waals surface area contributed by atoms with E-state index in [2.05, 4.69) is 20.0 Å². The number of aromatic nitrogens is 2. The topological polar surface area (TPSA) is 103 Å². The van der Waals surface area contributed by atoms with Gasteiger partial charge in [-0.15, -0.1) is 11.3 Å². The number of alkyl halides is 3. The van der Waals surface area contributed by atoms with Crippen molar-refractivity contribution in [1.82, 2.24) is 14.9 Å². The third-order valence-corrected chi connectivity index (χ3v) is 8.52. The number of thiazole rings is 1. The second kappa shape index (κ2) is 13.7. The maximum absolute atomic E-state index is 13.8. The zero-order valence-electron chi connectivity index (χ0n) is 23.9. The molecule has 3 heterocycles. The summed E-state index contributed by atoms with van der Waals surface area (Å²) in [5.41, 5.74) is 1.34. The van der Waals surface area contributed by atoms with Crippen molar-refractivity contribution in [3.8, 4) is 17.2 Å². The Labute approximate surface area is 263 Å². The zero-order valence-corrected chi connectivity index (χ0v) is 25.5. The first-order valence-electron chi connectivity index (χ1n) is 13.5. The van der Waals surface area contributed by atoms with Crippen molar-refractivity contribution in [3.05, 3.63) is 77.2 Å². The lowest BCUT2D eigenvalue weighted by Gasteiger charge is -2.30. The molecule has 0 atom stereocenters. The van der Waals surface area contributed by atoms with Crippen LogP contribution >= 0.6 is 23.1 Å². The van der Waals surface area contributed by atoms with Crippen LogP contribution in [0.25, 0.3) is 0 Å². The number of carbonyl (C=O) groups excluding carboxylic acids is 2. The quantitative estimate of drug-likeness (QED) is 0.114. The van der Waals surface area contributed by atoms with E-state index in [1.165, 1.54) is 35.2 Å². The highest BCUT2D eigenvalue weighted by Gasteiger charge is 2.43. The van der Waals surface area contributed by atoms with Gasteiger partial charge >= 0.3 is 18.2 Å². The average molecular weight is 663 g/mol. The van der Waals surface area contributed by atoms with Crippen LogP contribution < -0.4 is 14.8 Å². The molecule has 0 spiro atoms. The summed E-state index contributed by atoms with van der Waals surface area (Å²) in [7, 11) is 1.59. The van der Waals surface area contributed by atoms with Crippen LogP contribution in [0.15, 0.2) is 69.9 Å². The number of aryl methyl sites for hydroxylation is 1. The van der Waals surface area contributed by atoms with E-state index < -0.39 is 18.2 Å². The van der Waals surface area contributed by atoms with E-state index in [-0.39, 0.29) is 24.8 Å². The van der Waals surface area contributed by atoms with Crippen molar-refractivity contribution in [2.45, 2.75) is 41.7 Å². The summed E-state index contributed by atoms with van der Waals surface area (Å²) in [4.78, 5) is 35.0. The third-order valence-electron chi connectivity index (χ3n) is 6.79. The molecule has 0 radical (unpaired) electrons. The molecule has 0 unspecified atom stereocenters. The number of esters is 1. The number of amides is 1. The lowest BCUT2D eigenvalue weighted by Crippen LogP contribution is -2.41. The first kappa shape index (κ1) is 32.0. The third kappa shape index (κ3) is 8.22. The molecule has 1 aliphatic heterocycles. The number of nitrogens with one attached hydrogen (secondary N) is 1. The van der Waals surface area contributed by atoms with Gasteiger partial charge in [0.25, 0.3) is 0 Å². The molecule has 0 saturated carbocycles. The van der Waals surface area contributed by atoms with Gasteiger partial charge in [0.15, 0.2) is 16.7 Å². The molecule has 236 valence electrons. The molecule has 2 aromatic heterocycles. The van der Waals surface area contributed by atoms with Gasteiger partial charge in [0.05, 0.1) is 12.8 Å². The Hall–Kier alpha value is -4.37. The van der Waals surface area contributed by atoms with Crippen molar-refractivity contribution in [2.75, 3.05) is 25.5 Å². The van der Waals surface area contributed by atoms with Crippen molar-refractivity contribution in [1.29, 1.82) is 0 Å². The number of carbonyl (C=O) groups is 2. The first-order chi connectivity index (χ1) is 21.5. The Balaban J connectivity index is 1.30. The number of ether oxygens (including phenoxy) is 3. The van der Waals surface area contributed by atoms with Gasteiger partial charge in [-0.05, 0) is 61.7 Å². The SMILES string of the molecule is COc1cccc(Sc2cnc(Nc3nc(C4CCN(C(=O)OC(=O)C(F)(F)F)CC4)cs3)c(Oc3ccc(F)cc3C)c2)c1. The molecule has 15 heteroatoms. The predicted octanol–water partition coefficient (Wildman–Crippen LogP) is 8.09. The Morgan fingerprint density at radius 1 is 1.07 bits per heavy atom. The van der Waals surface area contributed by atoms with E-state index in [9.17, 15) is 27.2 Å². The molecule has 1 saturated heterocycles. The lowest BCUT2D eigenvalue weighted by atomic mass is 9.94. The van der Waals surface area contributed by atoms with Crippen molar-refractivity contribution in [3.63, 3.8) is 0 Å². The number of rotatable bonds is 8. The minimum absolute atomic E-state index is 0.0636. The van der Waals surface area contributed by atoms with Crippen LogP contribution in [-0.2, 0) is 9.53 Å². The Morgan fingerprint density at radius 3 is 2.56 bits per heavy atom. The minimum atomic E-state index is -5.25. The number of hydrogen-bond acceptors (Lipinski definition) is 10. The van der Waals surface area contributed by atoms with Crippen LogP contribution in [0, 0.1) is 12.7 Å². The molecule has 0 bridgehead atoms. The average Bonchev–Trinajstić information content (AvgIpc) is 3.48. The van der Waals surface area contributed by atoms with Crippen LogP contribution in [0.2, 0.25) is 0 Å². The summed E-state index contributed by atoms with van der Waals surface area (Å²) in [5.74, 6) is -1.06. The number of likely N-dealkylation sites (tertiary alicyclic amines) is 1. The summed E-state index contributed by atoms with van der Waals surface area (Å²) in [6.45, 7) is 1.95. The monoisotopic (exact) mass is 662 g/mol. The van der Waals surface area contributed by atoms with Gasteiger partial charge < -0.3 is 24.4 Å². The van der Waals surface area contributed by atoms with Crippen LogP contribution in [0.1, 0.15) is 30.0 Å².